The molecule has 1 rings (SSSR count). The molecule has 1 unspecified atom stereocenters. The molecular formula is C10H13NO4. The zero-order chi connectivity index (χ0) is 11.6. The summed E-state index contributed by atoms with van der Waals surface area (Å²) in [4.78, 5) is 24.4. The molecule has 0 radical (unpaired) electrons. The SMILES string of the molecule is Cc1c[nH]c(C)c1C(CC(=O)O)C(=O)O. The van der Waals surface area contributed by atoms with Crippen molar-refractivity contribution in [3.63, 3.8) is 0 Å². The number of nitrogens with one attached hydrogen (secondary N) is 1. The van der Waals surface area contributed by atoms with E-state index < -0.39 is 24.3 Å². The van der Waals surface area contributed by atoms with Gasteiger partial charge in [-0.1, -0.05) is 0 Å². The maximum Gasteiger partial charge on any atom is 0.311 e. The van der Waals surface area contributed by atoms with Gasteiger partial charge in [0.1, 0.15) is 0 Å². The number of H-pyrrole nitrogens is 1. The molecule has 1 aromatic rings. The fourth-order valence-corrected chi connectivity index (χ4v) is 1.69. The number of aryl methyl sites for hydroxylation is 2. The second-order valence-electron chi connectivity index (χ2n) is 3.50. The largest absolute Gasteiger partial charge is 0.481 e. The molecule has 0 aliphatic rings. The van der Waals surface area contributed by atoms with Crippen LogP contribution in [0.2, 0.25) is 0 Å². The lowest BCUT2D eigenvalue weighted by molar-refractivity contribution is -0.145. The molecule has 1 aromatic heterocycles. The number of carboxylic acids is 2. The summed E-state index contributed by atoms with van der Waals surface area (Å²) in [5, 5.41) is 17.6. The first-order chi connectivity index (χ1) is 6.93. The molecule has 0 fully saturated rings. The topological polar surface area (TPSA) is 90.4 Å². The third-order valence-corrected chi connectivity index (χ3v) is 2.36. The molecule has 5 heteroatoms. The van der Waals surface area contributed by atoms with Gasteiger partial charge < -0.3 is 15.2 Å². The Morgan fingerprint density at radius 3 is 2.33 bits per heavy atom. The number of aliphatic carboxylic acids is 2. The first-order valence-corrected chi connectivity index (χ1v) is 4.52. The van der Waals surface area contributed by atoms with Crippen LogP contribution < -0.4 is 0 Å². The van der Waals surface area contributed by atoms with Crippen molar-refractivity contribution in [1.29, 1.82) is 0 Å². The zero-order valence-corrected chi connectivity index (χ0v) is 8.57. The first kappa shape index (κ1) is 11.3. The summed E-state index contributed by atoms with van der Waals surface area (Å²) in [5.74, 6) is -3.20. The van der Waals surface area contributed by atoms with Gasteiger partial charge in [0.25, 0.3) is 0 Å². The van der Waals surface area contributed by atoms with Gasteiger partial charge >= 0.3 is 11.9 Å². The molecule has 0 aliphatic carbocycles. The summed E-state index contributed by atoms with van der Waals surface area (Å²) in [7, 11) is 0. The second kappa shape index (κ2) is 4.16. The van der Waals surface area contributed by atoms with Gasteiger partial charge in [0.05, 0.1) is 12.3 Å². The number of aromatic nitrogens is 1. The Bertz CT molecular complexity index is 375. The normalized spacial score (nSPS) is 12.4. The molecule has 0 bridgehead atoms. The number of hydrogen-bond donors (Lipinski definition) is 3. The molecule has 0 saturated carbocycles. The van der Waals surface area contributed by atoms with Crippen LogP contribution in [0.1, 0.15) is 29.2 Å². The van der Waals surface area contributed by atoms with Gasteiger partial charge in [0, 0.05) is 11.9 Å². The smallest absolute Gasteiger partial charge is 0.311 e. The van der Waals surface area contributed by atoms with Crippen LogP contribution >= 0.6 is 0 Å². The Labute approximate surface area is 86.7 Å². The van der Waals surface area contributed by atoms with E-state index in [0.717, 1.165) is 5.56 Å². The molecule has 1 atom stereocenters. The van der Waals surface area contributed by atoms with Gasteiger partial charge in [-0.15, -0.1) is 0 Å². The number of carbonyl (C=O) groups is 2. The van der Waals surface area contributed by atoms with Crippen LogP contribution in [0.15, 0.2) is 6.20 Å². The fraction of sp³-hybridized carbons (Fsp3) is 0.400. The van der Waals surface area contributed by atoms with Crippen LogP contribution in [0.4, 0.5) is 0 Å². The van der Waals surface area contributed by atoms with Crippen LogP contribution in [0.25, 0.3) is 0 Å². The van der Waals surface area contributed by atoms with E-state index in [1.54, 1.807) is 20.0 Å². The van der Waals surface area contributed by atoms with E-state index in [2.05, 4.69) is 4.98 Å². The lowest BCUT2D eigenvalue weighted by Gasteiger charge is -2.11. The van der Waals surface area contributed by atoms with E-state index in [4.69, 9.17) is 10.2 Å². The van der Waals surface area contributed by atoms with Gasteiger partial charge in [0.2, 0.25) is 0 Å². The van der Waals surface area contributed by atoms with Crippen molar-refractivity contribution < 1.29 is 19.8 Å². The molecule has 15 heavy (non-hydrogen) atoms. The van der Waals surface area contributed by atoms with E-state index >= 15 is 0 Å². The van der Waals surface area contributed by atoms with Crippen LogP contribution in [0.3, 0.4) is 0 Å². The van der Waals surface area contributed by atoms with E-state index in [0.29, 0.717) is 11.3 Å². The van der Waals surface area contributed by atoms with E-state index in [-0.39, 0.29) is 0 Å². The number of hydrogen-bond acceptors (Lipinski definition) is 2. The highest BCUT2D eigenvalue weighted by Crippen LogP contribution is 2.26. The van der Waals surface area contributed by atoms with Gasteiger partial charge in [-0.3, -0.25) is 9.59 Å². The Morgan fingerprint density at radius 1 is 1.40 bits per heavy atom. The van der Waals surface area contributed by atoms with Crippen molar-refractivity contribution >= 4 is 11.9 Å². The van der Waals surface area contributed by atoms with Crippen molar-refractivity contribution in [2.24, 2.45) is 0 Å². The van der Waals surface area contributed by atoms with E-state index in [9.17, 15) is 9.59 Å². The summed E-state index contributed by atoms with van der Waals surface area (Å²) in [6.45, 7) is 3.50. The summed E-state index contributed by atoms with van der Waals surface area (Å²) in [5.41, 5.74) is 2.06. The Kier molecular flexibility index (Phi) is 3.14. The van der Waals surface area contributed by atoms with Crippen molar-refractivity contribution in [2.75, 3.05) is 0 Å². The highest BCUT2D eigenvalue weighted by atomic mass is 16.4. The van der Waals surface area contributed by atoms with Crippen molar-refractivity contribution in [3.05, 3.63) is 23.0 Å². The van der Waals surface area contributed by atoms with E-state index in [1.165, 1.54) is 0 Å². The quantitative estimate of drug-likeness (QED) is 0.699. The lowest BCUT2D eigenvalue weighted by Crippen LogP contribution is -2.17. The Hall–Kier alpha value is -1.78. The highest BCUT2D eigenvalue weighted by molar-refractivity contribution is 5.83. The summed E-state index contributed by atoms with van der Waals surface area (Å²) in [6.07, 6.45) is 1.29. The predicted molar refractivity (Wildman–Crippen MR) is 52.9 cm³/mol. The third kappa shape index (κ3) is 2.37. The van der Waals surface area contributed by atoms with Crippen LogP contribution in [-0.4, -0.2) is 27.1 Å². The van der Waals surface area contributed by atoms with Crippen molar-refractivity contribution in [2.45, 2.75) is 26.2 Å². The van der Waals surface area contributed by atoms with Gasteiger partial charge in [-0.2, -0.15) is 0 Å². The molecule has 0 amide bonds. The molecule has 3 N–H and O–H groups in total. The Balaban J connectivity index is 3.09. The minimum absolute atomic E-state index is 0.394. The third-order valence-electron chi connectivity index (χ3n) is 2.36. The Morgan fingerprint density at radius 2 is 2.00 bits per heavy atom. The monoisotopic (exact) mass is 211 g/mol. The highest BCUT2D eigenvalue weighted by Gasteiger charge is 2.26. The predicted octanol–water partition coefficient (Wildman–Crippen LogP) is 1.27. The summed E-state index contributed by atoms with van der Waals surface area (Å²) >= 11 is 0. The summed E-state index contributed by atoms with van der Waals surface area (Å²) < 4.78 is 0. The molecule has 0 saturated heterocycles. The summed E-state index contributed by atoms with van der Waals surface area (Å²) in [6, 6.07) is 0. The van der Waals surface area contributed by atoms with Gasteiger partial charge in [-0.25, -0.2) is 0 Å². The van der Waals surface area contributed by atoms with Crippen molar-refractivity contribution in [1.82, 2.24) is 4.98 Å². The molecular weight excluding hydrogens is 198 g/mol. The number of aromatic amines is 1. The first-order valence-electron chi connectivity index (χ1n) is 4.52. The van der Waals surface area contributed by atoms with Gasteiger partial charge in [0.15, 0.2) is 0 Å². The minimum Gasteiger partial charge on any atom is -0.481 e. The number of rotatable bonds is 4. The van der Waals surface area contributed by atoms with Crippen LogP contribution in [0.5, 0.6) is 0 Å². The average molecular weight is 211 g/mol. The second-order valence-corrected chi connectivity index (χ2v) is 3.50. The maximum absolute atomic E-state index is 11.0. The maximum atomic E-state index is 11.0. The van der Waals surface area contributed by atoms with E-state index in [1.807, 2.05) is 0 Å². The number of carboxylic acid groups (broad SMARTS) is 2. The van der Waals surface area contributed by atoms with Crippen LogP contribution in [-0.2, 0) is 9.59 Å². The minimum atomic E-state index is -1.11. The molecule has 82 valence electrons. The van der Waals surface area contributed by atoms with Gasteiger partial charge in [-0.05, 0) is 25.0 Å². The van der Waals surface area contributed by atoms with Crippen LogP contribution in [0, 0.1) is 13.8 Å². The zero-order valence-electron chi connectivity index (χ0n) is 8.57. The average Bonchev–Trinajstić information content (AvgIpc) is 2.42. The molecule has 0 aliphatic heterocycles. The molecule has 5 nitrogen and oxygen atoms in total. The fourth-order valence-electron chi connectivity index (χ4n) is 1.69. The lowest BCUT2D eigenvalue weighted by atomic mass is 9.93. The van der Waals surface area contributed by atoms with Crippen molar-refractivity contribution in [3.8, 4) is 0 Å². The molecule has 0 spiro atoms. The standard InChI is InChI=1S/C10H13NO4/c1-5-4-11-6(2)9(5)7(10(14)15)3-8(12)13/h4,7,11H,3H2,1-2H3,(H,12,13)(H,14,15). The molecule has 0 aromatic carbocycles. The molecule has 1 heterocycles.